The highest BCUT2D eigenvalue weighted by Gasteiger charge is 2.38. The number of halogens is 3. The summed E-state index contributed by atoms with van der Waals surface area (Å²) in [5.41, 5.74) is -1.61. The number of aromatic amines is 1. The van der Waals surface area contributed by atoms with Gasteiger partial charge in [0.15, 0.2) is 0 Å². The van der Waals surface area contributed by atoms with Gasteiger partial charge in [-0.15, -0.1) is 0 Å². The Morgan fingerprint density at radius 1 is 1.46 bits per heavy atom. The third-order valence-electron chi connectivity index (χ3n) is 3.00. The second-order valence-electron chi connectivity index (χ2n) is 4.83. The van der Waals surface area contributed by atoms with E-state index >= 15 is 0 Å². The van der Waals surface area contributed by atoms with Gasteiger partial charge in [0.2, 0.25) is 0 Å². The van der Waals surface area contributed by atoms with Crippen LogP contribution in [0.1, 0.15) is 25.3 Å². The molecule has 132 valence electrons. The summed E-state index contributed by atoms with van der Waals surface area (Å²) in [6.45, 7) is 1.31. The fourth-order valence-electron chi connectivity index (χ4n) is 1.62. The second-order valence-corrected chi connectivity index (χ2v) is 4.83. The Hall–Kier alpha value is -2.54. The maximum Gasteiger partial charge on any atom is 0.471 e. The lowest BCUT2D eigenvalue weighted by Crippen LogP contribution is -2.36. The van der Waals surface area contributed by atoms with Gasteiger partial charge in [0.05, 0.1) is 12.6 Å². The van der Waals surface area contributed by atoms with E-state index in [1.165, 1.54) is 5.32 Å². The molecule has 1 aromatic rings. The number of aryl methyl sites for hydroxylation is 1. The Morgan fingerprint density at radius 2 is 2.12 bits per heavy atom. The standard InChI is InChI=1S/C14H16F3N3O4/c1-2-10(21)5-7-20-8-9(11(22)19-13(20)24)4-3-6-18-12(23)14(15,16)17/h8,10,21H,2,5-7H2,1H3,(H,18,23)(H,19,22,24). The van der Waals surface area contributed by atoms with Crippen molar-refractivity contribution in [2.75, 3.05) is 6.54 Å². The fraction of sp³-hybridized carbons (Fsp3) is 0.500. The molecule has 0 aliphatic heterocycles. The molecule has 10 heteroatoms. The quantitative estimate of drug-likeness (QED) is 0.638. The molecule has 0 radical (unpaired) electrons. The minimum Gasteiger partial charge on any atom is -0.393 e. The summed E-state index contributed by atoms with van der Waals surface area (Å²) in [6.07, 6.45) is -3.66. The van der Waals surface area contributed by atoms with Crippen molar-refractivity contribution in [2.45, 2.75) is 38.6 Å². The summed E-state index contributed by atoms with van der Waals surface area (Å²) in [7, 11) is 0. The van der Waals surface area contributed by atoms with Gasteiger partial charge in [-0.3, -0.25) is 19.1 Å². The van der Waals surface area contributed by atoms with Gasteiger partial charge in [-0.25, -0.2) is 4.79 Å². The number of hydrogen-bond donors (Lipinski definition) is 3. The Bertz CT molecular complexity index is 755. The first-order chi connectivity index (χ1) is 11.1. The van der Waals surface area contributed by atoms with E-state index in [2.05, 4.69) is 11.8 Å². The number of aromatic nitrogens is 2. The number of nitrogens with zero attached hydrogens (tertiary/aromatic N) is 1. The Balaban J connectivity index is 2.82. The molecule has 0 aliphatic carbocycles. The minimum atomic E-state index is -5.01. The van der Waals surface area contributed by atoms with Crippen molar-refractivity contribution in [3.8, 4) is 11.8 Å². The molecule has 0 fully saturated rings. The molecule has 1 aromatic heterocycles. The number of alkyl halides is 3. The van der Waals surface area contributed by atoms with Crippen molar-refractivity contribution in [1.82, 2.24) is 14.9 Å². The molecule has 0 saturated carbocycles. The van der Waals surface area contributed by atoms with Crippen LogP contribution in [0.2, 0.25) is 0 Å². The number of rotatable bonds is 5. The largest absolute Gasteiger partial charge is 0.471 e. The maximum absolute atomic E-state index is 12.0. The molecule has 0 aliphatic rings. The molecule has 1 heterocycles. The SMILES string of the molecule is CCC(O)CCn1cc(C#CCNC(=O)C(F)(F)F)c(=O)[nH]c1=O. The molecule has 1 unspecified atom stereocenters. The topological polar surface area (TPSA) is 104 Å². The number of aliphatic hydroxyl groups is 1. The van der Waals surface area contributed by atoms with Crippen LogP contribution in [0, 0.1) is 11.8 Å². The highest BCUT2D eigenvalue weighted by molar-refractivity contribution is 5.81. The summed E-state index contributed by atoms with van der Waals surface area (Å²) >= 11 is 0. The molecule has 0 saturated heterocycles. The predicted octanol–water partition coefficient (Wildman–Crippen LogP) is -0.272. The van der Waals surface area contributed by atoms with Crippen LogP contribution in [-0.4, -0.2) is 39.4 Å². The van der Waals surface area contributed by atoms with Crippen LogP contribution in [0.3, 0.4) is 0 Å². The van der Waals surface area contributed by atoms with Crippen LogP contribution in [0.4, 0.5) is 13.2 Å². The second kappa shape index (κ2) is 8.35. The highest BCUT2D eigenvalue weighted by atomic mass is 19.4. The number of hydrogen-bond acceptors (Lipinski definition) is 4. The molecule has 24 heavy (non-hydrogen) atoms. The molecule has 1 rings (SSSR count). The number of H-pyrrole nitrogens is 1. The molecular formula is C14H16F3N3O4. The van der Waals surface area contributed by atoms with Gasteiger partial charge in [-0.05, 0) is 12.8 Å². The zero-order chi connectivity index (χ0) is 18.3. The number of aliphatic hydroxyl groups excluding tert-OH is 1. The first-order valence-corrected chi connectivity index (χ1v) is 7.00. The van der Waals surface area contributed by atoms with Gasteiger partial charge in [0, 0.05) is 12.7 Å². The van der Waals surface area contributed by atoms with E-state index in [1.807, 2.05) is 4.98 Å². The van der Waals surface area contributed by atoms with Crippen LogP contribution in [0.15, 0.2) is 15.8 Å². The van der Waals surface area contributed by atoms with Crippen molar-refractivity contribution in [3.63, 3.8) is 0 Å². The molecule has 7 nitrogen and oxygen atoms in total. The molecule has 1 amide bonds. The Morgan fingerprint density at radius 3 is 2.71 bits per heavy atom. The van der Waals surface area contributed by atoms with Gasteiger partial charge in [0.25, 0.3) is 5.56 Å². The average molecular weight is 347 g/mol. The first-order valence-electron chi connectivity index (χ1n) is 7.00. The van der Waals surface area contributed by atoms with Crippen molar-refractivity contribution in [2.24, 2.45) is 0 Å². The molecule has 0 aromatic carbocycles. The van der Waals surface area contributed by atoms with E-state index in [-0.39, 0.29) is 18.5 Å². The van der Waals surface area contributed by atoms with Crippen molar-refractivity contribution in [1.29, 1.82) is 0 Å². The van der Waals surface area contributed by atoms with Crippen LogP contribution in [0.5, 0.6) is 0 Å². The average Bonchev–Trinajstić information content (AvgIpc) is 2.50. The van der Waals surface area contributed by atoms with Crippen molar-refractivity contribution in [3.05, 3.63) is 32.6 Å². The highest BCUT2D eigenvalue weighted by Crippen LogP contribution is 2.13. The van der Waals surface area contributed by atoms with Gasteiger partial charge in [-0.2, -0.15) is 13.2 Å². The van der Waals surface area contributed by atoms with Gasteiger partial charge in [0.1, 0.15) is 5.56 Å². The molecule has 0 spiro atoms. The number of amides is 1. The molecule has 0 bridgehead atoms. The van der Waals surface area contributed by atoms with Gasteiger partial charge < -0.3 is 10.4 Å². The van der Waals surface area contributed by atoms with E-state index in [9.17, 15) is 32.7 Å². The summed E-state index contributed by atoms with van der Waals surface area (Å²) in [4.78, 5) is 35.8. The minimum absolute atomic E-state index is 0.137. The van der Waals surface area contributed by atoms with Crippen molar-refractivity contribution < 1.29 is 23.1 Å². The zero-order valence-electron chi connectivity index (χ0n) is 12.7. The smallest absolute Gasteiger partial charge is 0.393 e. The number of carbonyl (C=O) groups excluding carboxylic acids is 1. The maximum atomic E-state index is 12.0. The molecule has 1 atom stereocenters. The first kappa shape index (κ1) is 19.5. The van der Waals surface area contributed by atoms with Crippen molar-refractivity contribution >= 4 is 5.91 Å². The van der Waals surface area contributed by atoms with Crippen LogP contribution in [0.25, 0.3) is 0 Å². The van der Waals surface area contributed by atoms with E-state index in [4.69, 9.17) is 0 Å². The number of carbonyl (C=O) groups is 1. The lowest BCUT2D eigenvalue weighted by atomic mass is 10.2. The van der Waals surface area contributed by atoms with Crippen LogP contribution in [-0.2, 0) is 11.3 Å². The van der Waals surface area contributed by atoms with Gasteiger partial charge >= 0.3 is 17.8 Å². The normalized spacial score (nSPS) is 12.2. The predicted molar refractivity (Wildman–Crippen MR) is 78.2 cm³/mol. The lowest BCUT2D eigenvalue weighted by Gasteiger charge is -2.09. The van der Waals surface area contributed by atoms with Crippen LogP contribution < -0.4 is 16.6 Å². The Kier molecular flexibility index (Phi) is 6.79. The monoisotopic (exact) mass is 347 g/mol. The number of nitrogens with one attached hydrogen (secondary N) is 2. The van der Waals surface area contributed by atoms with Crippen LogP contribution >= 0.6 is 0 Å². The molecule has 3 N–H and O–H groups in total. The van der Waals surface area contributed by atoms with E-state index in [1.54, 1.807) is 6.92 Å². The summed E-state index contributed by atoms with van der Waals surface area (Å²) in [6, 6.07) is 0. The van der Waals surface area contributed by atoms with E-state index in [0.29, 0.717) is 6.42 Å². The zero-order valence-corrected chi connectivity index (χ0v) is 12.7. The Labute approximate surface area is 134 Å². The molecular weight excluding hydrogens is 331 g/mol. The lowest BCUT2D eigenvalue weighted by molar-refractivity contribution is -0.173. The van der Waals surface area contributed by atoms with Gasteiger partial charge in [-0.1, -0.05) is 18.8 Å². The fourth-order valence-corrected chi connectivity index (χ4v) is 1.62. The third kappa shape index (κ3) is 5.92. The summed E-state index contributed by atoms with van der Waals surface area (Å²) < 4.78 is 37.0. The van der Waals surface area contributed by atoms with E-state index in [0.717, 1.165) is 10.8 Å². The summed E-state index contributed by atoms with van der Waals surface area (Å²) in [5.74, 6) is 2.36. The summed E-state index contributed by atoms with van der Waals surface area (Å²) in [5, 5.41) is 11.0. The van der Waals surface area contributed by atoms with E-state index < -0.39 is 36.0 Å². The third-order valence-corrected chi connectivity index (χ3v) is 3.00.